The molecule has 0 aliphatic heterocycles. The molecule has 0 aromatic heterocycles. The molecular formula is C16H13Cl. The van der Waals surface area contributed by atoms with Crippen LogP contribution in [0.25, 0.3) is 10.6 Å². The number of hydrogen-bond donors (Lipinski definition) is 0. The molecule has 0 N–H and O–H groups in total. The molecule has 2 rings (SSSR count). The minimum Gasteiger partial charge on any atom is -0.0906 e. The molecule has 0 fully saturated rings. The van der Waals surface area contributed by atoms with Crippen LogP contribution < -0.4 is 0 Å². The van der Waals surface area contributed by atoms with Crippen molar-refractivity contribution in [1.29, 1.82) is 0 Å². The van der Waals surface area contributed by atoms with Crippen LogP contribution >= 0.6 is 11.6 Å². The van der Waals surface area contributed by atoms with Crippen molar-refractivity contribution in [1.82, 2.24) is 0 Å². The Hall–Kier alpha value is -1.79. The highest BCUT2D eigenvalue weighted by atomic mass is 35.5. The first kappa shape index (κ1) is 11.7. The summed E-state index contributed by atoms with van der Waals surface area (Å²) in [7, 11) is 0. The summed E-state index contributed by atoms with van der Waals surface area (Å²) in [6, 6.07) is 18.1. The molecule has 0 unspecified atom stereocenters. The van der Waals surface area contributed by atoms with Gasteiger partial charge in [-0.05, 0) is 22.3 Å². The molecule has 0 atom stereocenters. The number of benzene rings is 2. The van der Waals surface area contributed by atoms with Gasteiger partial charge in [0.05, 0.1) is 0 Å². The van der Waals surface area contributed by atoms with Gasteiger partial charge in [0.15, 0.2) is 0 Å². The predicted octanol–water partition coefficient (Wildman–Crippen LogP) is 4.96. The van der Waals surface area contributed by atoms with E-state index in [-0.39, 0.29) is 0 Å². The van der Waals surface area contributed by atoms with Crippen LogP contribution in [0.15, 0.2) is 67.8 Å². The van der Waals surface area contributed by atoms with Crippen LogP contribution in [0.4, 0.5) is 0 Å². The summed E-state index contributed by atoms with van der Waals surface area (Å²) in [4.78, 5) is 0. The smallest absolute Gasteiger partial charge is 0.0406 e. The maximum atomic E-state index is 5.84. The third-order valence-corrected chi connectivity index (χ3v) is 2.89. The average Bonchev–Trinajstić information content (AvgIpc) is 2.39. The highest BCUT2D eigenvalue weighted by molar-refractivity contribution is 6.48. The second-order valence-electron chi connectivity index (χ2n) is 3.83. The quantitative estimate of drug-likeness (QED) is 0.712. The van der Waals surface area contributed by atoms with E-state index in [9.17, 15) is 0 Å². The highest BCUT2D eigenvalue weighted by Gasteiger charge is 2.02. The Balaban J connectivity index is 2.30. The van der Waals surface area contributed by atoms with Gasteiger partial charge >= 0.3 is 0 Å². The van der Waals surface area contributed by atoms with Crippen LogP contribution in [-0.2, 0) is 0 Å². The van der Waals surface area contributed by atoms with Crippen LogP contribution in [0.1, 0.15) is 16.7 Å². The Bertz CT molecular complexity index is 535. The summed E-state index contributed by atoms with van der Waals surface area (Å²) in [5, 5.41) is 0.557. The van der Waals surface area contributed by atoms with Crippen LogP contribution in [0.5, 0.6) is 0 Å². The summed E-state index contributed by atoms with van der Waals surface area (Å²) >= 11 is 5.84. The molecule has 0 amide bonds. The molecule has 0 heterocycles. The van der Waals surface area contributed by atoms with Crippen molar-refractivity contribution in [2.45, 2.75) is 0 Å². The van der Waals surface area contributed by atoms with Gasteiger partial charge < -0.3 is 0 Å². The SMILES string of the molecule is C=C(Cl)c1ccc(C(=C)c2ccccc2)cc1. The van der Waals surface area contributed by atoms with E-state index in [4.69, 9.17) is 11.6 Å². The van der Waals surface area contributed by atoms with Gasteiger partial charge in [-0.15, -0.1) is 0 Å². The molecule has 0 aliphatic carbocycles. The first-order valence-corrected chi connectivity index (χ1v) is 5.76. The fraction of sp³-hybridized carbons (Fsp3) is 0. The molecule has 0 spiro atoms. The molecule has 0 saturated heterocycles. The van der Waals surface area contributed by atoms with Gasteiger partial charge in [0.2, 0.25) is 0 Å². The van der Waals surface area contributed by atoms with Gasteiger partial charge in [-0.1, -0.05) is 79.4 Å². The Morgan fingerprint density at radius 2 is 1.18 bits per heavy atom. The molecule has 17 heavy (non-hydrogen) atoms. The van der Waals surface area contributed by atoms with Crippen molar-refractivity contribution < 1.29 is 0 Å². The Morgan fingerprint density at radius 3 is 1.71 bits per heavy atom. The highest BCUT2D eigenvalue weighted by Crippen LogP contribution is 2.23. The predicted molar refractivity (Wildman–Crippen MR) is 75.9 cm³/mol. The zero-order valence-electron chi connectivity index (χ0n) is 9.49. The van der Waals surface area contributed by atoms with Crippen LogP contribution in [0, 0.1) is 0 Å². The molecule has 0 radical (unpaired) electrons. The minimum atomic E-state index is 0.557. The lowest BCUT2D eigenvalue weighted by molar-refractivity contribution is 1.54. The third-order valence-electron chi connectivity index (χ3n) is 2.67. The van der Waals surface area contributed by atoms with E-state index in [1.165, 1.54) is 0 Å². The summed E-state index contributed by atoms with van der Waals surface area (Å²) < 4.78 is 0. The van der Waals surface area contributed by atoms with Gasteiger partial charge in [0.1, 0.15) is 0 Å². The topological polar surface area (TPSA) is 0 Å². The van der Waals surface area contributed by atoms with E-state index in [2.05, 4.69) is 25.3 Å². The van der Waals surface area contributed by atoms with Crippen molar-refractivity contribution >= 4 is 22.2 Å². The molecule has 0 bridgehead atoms. The lowest BCUT2D eigenvalue weighted by atomic mass is 9.99. The molecular weight excluding hydrogens is 228 g/mol. The monoisotopic (exact) mass is 240 g/mol. The normalized spacial score (nSPS) is 9.94. The second kappa shape index (κ2) is 5.03. The number of hydrogen-bond acceptors (Lipinski definition) is 0. The van der Waals surface area contributed by atoms with Crippen molar-refractivity contribution in [2.24, 2.45) is 0 Å². The van der Waals surface area contributed by atoms with Crippen molar-refractivity contribution in [3.63, 3.8) is 0 Å². The lowest BCUT2D eigenvalue weighted by Gasteiger charge is -2.07. The van der Waals surface area contributed by atoms with Crippen LogP contribution in [-0.4, -0.2) is 0 Å². The summed E-state index contributed by atoms with van der Waals surface area (Å²) in [6.07, 6.45) is 0. The van der Waals surface area contributed by atoms with Crippen LogP contribution in [0.2, 0.25) is 0 Å². The molecule has 0 aliphatic rings. The van der Waals surface area contributed by atoms with E-state index in [0.717, 1.165) is 22.3 Å². The Morgan fingerprint density at radius 1 is 0.706 bits per heavy atom. The van der Waals surface area contributed by atoms with Gasteiger partial charge in [0.25, 0.3) is 0 Å². The third kappa shape index (κ3) is 2.66. The van der Waals surface area contributed by atoms with Gasteiger partial charge in [-0.3, -0.25) is 0 Å². The lowest BCUT2D eigenvalue weighted by Crippen LogP contribution is -1.86. The largest absolute Gasteiger partial charge is 0.0906 e. The van der Waals surface area contributed by atoms with E-state index in [1.807, 2.05) is 42.5 Å². The fourth-order valence-corrected chi connectivity index (χ4v) is 1.78. The molecule has 2 aromatic rings. The zero-order valence-corrected chi connectivity index (χ0v) is 10.2. The molecule has 0 saturated carbocycles. The minimum absolute atomic E-state index is 0.557. The first-order valence-electron chi connectivity index (χ1n) is 5.38. The van der Waals surface area contributed by atoms with Gasteiger partial charge in [-0.2, -0.15) is 0 Å². The standard InChI is InChI=1S/C16H13Cl/c1-12(14-6-4-3-5-7-14)15-8-10-16(11-9-15)13(2)17/h3-11H,1-2H2. The first-order chi connectivity index (χ1) is 8.18. The molecule has 2 aromatic carbocycles. The zero-order chi connectivity index (χ0) is 12.3. The van der Waals surface area contributed by atoms with Crippen LogP contribution in [0.3, 0.4) is 0 Å². The molecule has 84 valence electrons. The van der Waals surface area contributed by atoms with Gasteiger partial charge in [0, 0.05) is 5.03 Å². The molecule has 0 nitrogen and oxygen atoms in total. The van der Waals surface area contributed by atoms with E-state index in [1.54, 1.807) is 0 Å². The summed E-state index contributed by atoms with van der Waals surface area (Å²) in [6.45, 7) is 7.82. The number of halogens is 1. The maximum Gasteiger partial charge on any atom is 0.0406 e. The fourth-order valence-electron chi connectivity index (χ4n) is 1.66. The maximum absolute atomic E-state index is 5.84. The van der Waals surface area contributed by atoms with Crippen molar-refractivity contribution in [3.05, 3.63) is 84.4 Å². The number of rotatable bonds is 3. The average molecular weight is 241 g/mol. The molecule has 1 heteroatoms. The summed E-state index contributed by atoms with van der Waals surface area (Å²) in [5.74, 6) is 0. The van der Waals surface area contributed by atoms with Crippen molar-refractivity contribution in [3.8, 4) is 0 Å². The second-order valence-corrected chi connectivity index (χ2v) is 4.28. The summed E-state index contributed by atoms with van der Waals surface area (Å²) in [5.41, 5.74) is 4.18. The van der Waals surface area contributed by atoms with E-state index in [0.29, 0.717) is 5.03 Å². The van der Waals surface area contributed by atoms with Crippen molar-refractivity contribution in [2.75, 3.05) is 0 Å². The Kier molecular flexibility index (Phi) is 3.46. The van der Waals surface area contributed by atoms with E-state index >= 15 is 0 Å². The Labute approximate surface area is 107 Å². The van der Waals surface area contributed by atoms with E-state index < -0.39 is 0 Å². The van der Waals surface area contributed by atoms with Gasteiger partial charge in [-0.25, -0.2) is 0 Å².